The quantitative estimate of drug-likeness (QED) is 0.370. The van der Waals surface area contributed by atoms with E-state index in [1.165, 1.54) is 37.9 Å². The number of aliphatic imine (C=N–C) groups is 1. The molecule has 0 aliphatic carbocycles. The van der Waals surface area contributed by atoms with Crippen molar-refractivity contribution < 1.29 is 23.0 Å². The zero-order valence-electron chi connectivity index (χ0n) is 17.3. The maximum absolute atomic E-state index is 12.4. The Balaban J connectivity index is 1.19. The average Bonchev–Trinajstić information content (AvgIpc) is 3.19. The zero-order chi connectivity index (χ0) is 21.1. The van der Waals surface area contributed by atoms with Gasteiger partial charge in [0, 0.05) is 29.5 Å². The summed E-state index contributed by atoms with van der Waals surface area (Å²) in [6, 6.07) is 7.19. The SMILES string of the molecule is C[NH+]1CC[NH+](CCCNC(=O)c2ccc(NC3=NC4CS(=O)(=O)CC4S3)cc2)CC1. The van der Waals surface area contributed by atoms with E-state index in [1.807, 2.05) is 12.1 Å². The molecule has 10 heteroatoms. The summed E-state index contributed by atoms with van der Waals surface area (Å²) in [5.74, 6) is 0.298. The van der Waals surface area contributed by atoms with Gasteiger partial charge < -0.3 is 20.4 Å². The molecule has 164 valence electrons. The molecular weight excluding hydrogens is 422 g/mol. The van der Waals surface area contributed by atoms with Gasteiger partial charge in [-0.3, -0.25) is 9.79 Å². The number of fused-ring (bicyclic) bond motifs is 1. The van der Waals surface area contributed by atoms with E-state index in [1.54, 1.807) is 21.9 Å². The second kappa shape index (κ2) is 9.25. The van der Waals surface area contributed by atoms with Gasteiger partial charge in [-0.25, -0.2) is 8.42 Å². The number of amides is 1. The van der Waals surface area contributed by atoms with Crippen LogP contribution in [0.4, 0.5) is 5.69 Å². The molecule has 1 amide bonds. The van der Waals surface area contributed by atoms with Crippen LogP contribution in [0.5, 0.6) is 0 Å². The number of sulfone groups is 1. The van der Waals surface area contributed by atoms with Crippen molar-refractivity contribution in [3.63, 3.8) is 0 Å². The molecule has 4 rings (SSSR count). The van der Waals surface area contributed by atoms with Crippen LogP contribution in [0.3, 0.4) is 0 Å². The van der Waals surface area contributed by atoms with Gasteiger partial charge >= 0.3 is 0 Å². The van der Waals surface area contributed by atoms with Crippen LogP contribution in [0, 0.1) is 0 Å². The highest BCUT2D eigenvalue weighted by Gasteiger charge is 2.42. The van der Waals surface area contributed by atoms with Gasteiger partial charge in [0.1, 0.15) is 26.2 Å². The topological polar surface area (TPSA) is 96.5 Å². The van der Waals surface area contributed by atoms with Crippen LogP contribution in [0.25, 0.3) is 0 Å². The van der Waals surface area contributed by atoms with Gasteiger partial charge in [-0.15, -0.1) is 0 Å². The molecule has 4 N–H and O–H groups in total. The Kier molecular flexibility index (Phi) is 6.66. The first-order chi connectivity index (χ1) is 14.4. The molecule has 8 nitrogen and oxygen atoms in total. The van der Waals surface area contributed by atoms with Crippen molar-refractivity contribution >= 4 is 38.4 Å². The maximum atomic E-state index is 12.4. The van der Waals surface area contributed by atoms with Crippen LogP contribution < -0.4 is 20.4 Å². The fraction of sp³-hybridized carbons (Fsp3) is 0.600. The summed E-state index contributed by atoms with van der Waals surface area (Å²) >= 11 is 1.49. The van der Waals surface area contributed by atoms with Crippen molar-refractivity contribution in [2.24, 2.45) is 4.99 Å². The fourth-order valence-corrected chi connectivity index (χ4v) is 7.84. The molecule has 1 aromatic rings. The molecular formula is C20H31N5O3S2+2. The third-order valence-electron chi connectivity index (χ3n) is 6.02. The van der Waals surface area contributed by atoms with E-state index < -0.39 is 9.84 Å². The van der Waals surface area contributed by atoms with Crippen LogP contribution >= 0.6 is 11.8 Å². The predicted octanol–water partition coefficient (Wildman–Crippen LogP) is -2.10. The number of carbonyl (C=O) groups excluding carboxylic acids is 1. The maximum Gasteiger partial charge on any atom is 0.251 e. The van der Waals surface area contributed by atoms with Gasteiger partial charge in [-0.05, 0) is 24.3 Å². The third-order valence-corrected chi connectivity index (χ3v) is 9.16. The molecule has 0 aromatic heterocycles. The number of quaternary nitrogens is 2. The monoisotopic (exact) mass is 453 g/mol. The van der Waals surface area contributed by atoms with Gasteiger partial charge in [0.2, 0.25) is 0 Å². The predicted molar refractivity (Wildman–Crippen MR) is 120 cm³/mol. The first-order valence-electron chi connectivity index (χ1n) is 10.6. The molecule has 3 aliphatic heterocycles. The molecule has 0 radical (unpaired) electrons. The molecule has 0 spiro atoms. The highest BCUT2D eigenvalue weighted by atomic mass is 32.2. The molecule has 3 aliphatic rings. The third kappa shape index (κ3) is 5.54. The van der Waals surface area contributed by atoms with Gasteiger partial charge in [-0.2, -0.15) is 0 Å². The number of hydrogen-bond donors (Lipinski definition) is 4. The number of likely N-dealkylation sites (N-methyl/N-ethyl adjacent to an activating group) is 1. The van der Waals surface area contributed by atoms with Crippen LogP contribution in [0.15, 0.2) is 29.3 Å². The number of rotatable bonds is 6. The van der Waals surface area contributed by atoms with Gasteiger partial charge in [0.15, 0.2) is 15.0 Å². The number of nitrogens with one attached hydrogen (secondary N) is 4. The van der Waals surface area contributed by atoms with Gasteiger partial charge in [0.25, 0.3) is 5.91 Å². The number of amidine groups is 1. The number of thioether (sulfide) groups is 1. The highest BCUT2D eigenvalue weighted by Crippen LogP contribution is 2.34. The minimum Gasteiger partial charge on any atom is -0.352 e. The van der Waals surface area contributed by atoms with Crippen molar-refractivity contribution in [3.8, 4) is 0 Å². The van der Waals surface area contributed by atoms with Gasteiger partial charge in [0.05, 0.1) is 31.1 Å². The summed E-state index contributed by atoms with van der Waals surface area (Å²) < 4.78 is 23.3. The second-order valence-electron chi connectivity index (χ2n) is 8.50. The Hall–Kier alpha value is -1.62. The highest BCUT2D eigenvalue weighted by molar-refractivity contribution is 8.15. The summed E-state index contributed by atoms with van der Waals surface area (Å²) in [5, 5.41) is 7.03. The number of hydrogen-bond acceptors (Lipinski definition) is 6. The summed E-state index contributed by atoms with van der Waals surface area (Å²) in [4.78, 5) is 20.1. The van der Waals surface area contributed by atoms with Crippen molar-refractivity contribution in [1.82, 2.24) is 5.32 Å². The Morgan fingerprint density at radius 3 is 2.60 bits per heavy atom. The lowest BCUT2D eigenvalue weighted by Gasteiger charge is -2.27. The van der Waals surface area contributed by atoms with E-state index in [-0.39, 0.29) is 28.7 Å². The van der Waals surface area contributed by atoms with Crippen LogP contribution in [0.1, 0.15) is 16.8 Å². The number of carbonyl (C=O) groups is 1. The van der Waals surface area contributed by atoms with Crippen LogP contribution in [0.2, 0.25) is 0 Å². The minimum absolute atomic E-state index is 0.0245. The Bertz CT molecular complexity index is 896. The van der Waals surface area contributed by atoms with Crippen LogP contribution in [-0.2, 0) is 9.84 Å². The molecule has 0 saturated carbocycles. The Labute approximate surface area is 182 Å². The zero-order valence-corrected chi connectivity index (χ0v) is 18.9. The molecule has 2 saturated heterocycles. The Morgan fingerprint density at radius 1 is 1.17 bits per heavy atom. The lowest BCUT2D eigenvalue weighted by molar-refractivity contribution is -1.00. The molecule has 2 atom stereocenters. The molecule has 1 aromatic carbocycles. The summed E-state index contributed by atoms with van der Waals surface area (Å²) in [5.41, 5.74) is 1.49. The normalized spacial score (nSPS) is 29.8. The van der Waals surface area contributed by atoms with Crippen molar-refractivity contribution in [3.05, 3.63) is 29.8 Å². The minimum atomic E-state index is -2.94. The first-order valence-corrected chi connectivity index (χ1v) is 13.3. The number of benzene rings is 1. The standard InChI is InChI=1S/C20H29N5O3S2/c1-24-9-11-25(12-10-24)8-2-7-21-19(26)15-3-5-16(6-4-15)22-20-23-17-13-30(27,28)14-18(17)29-20/h3-6,17-18H,2,7-14H2,1H3,(H,21,26)(H,22,23)/p+2. The first kappa shape index (κ1) is 21.6. The fourth-order valence-electron chi connectivity index (χ4n) is 4.17. The lowest BCUT2D eigenvalue weighted by atomic mass is 10.2. The van der Waals surface area contributed by atoms with Crippen molar-refractivity contribution in [1.29, 1.82) is 0 Å². The summed E-state index contributed by atoms with van der Waals surface area (Å²) in [7, 11) is -0.692. The van der Waals surface area contributed by atoms with Crippen LogP contribution in [-0.4, -0.2) is 88.6 Å². The van der Waals surface area contributed by atoms with E-state index in [2.05, 4.69) is 22.7 Å². The summed E-state index contributed by atoms with van der Waals surface area (Å²) in [6.07, 6.45) is 0.995. The molecule has 3 heterocycles. The Morgan fingerprint density at radius 2 is 1.90 bits per heavy atom. The lowest BCUT2D eigenvalue weighted by Crippen LogP contribution is -3.27. The van der Waals surface area contributed by atoms with Crippen molar-refractivity contribution in [2.45, 2.75) is 17.7 Å². The van der Waals surface area contributed by atoms with E-state index in [4.69, 9.17) is 0 Å². The smallest absolute Gasteiger partial charge is 0.251 e. The van der Waals surface area contributed by atoms with Gasteiger partial charge in [-0.1, -0.05) is 11.8 Å². The van der Waals surface area contributed by atoms with Crippen molar-refractivity contribution in [2.75, 3.05) is 63.1 Å². The van der Waals surface area contributed by atoms with E-state index in [0.717, 1.165) is 23.8 Å². The molecule has 2 unspecified atom stereocenters. The van der Waals surface area contributed by atoms with E-state index in [0.29, 0.717) is 12.1 Å². The van der Waals surface area contributed by atoms with E-state index in [9.17, 15) is 13.2 Å². The second-order valence-corrected chi connectivity index (χ2v) is 11.9. The average molecular weight is 454 g/mol. The molecule has 2 fully saturated rings. The summed E-state index contributed by atoms with van der Waals surface area (Å²) in [6.45, 7) is 6.70. The number of piperazine rings is 1. The number of anilines is 1. The molecule has 0 bridgehead atoms. The number of nitrogens with zero attached hydrogens (tertiary/aromatic N) is 1. The largest absolute Gasteiger partial charge is 0.352 e. The van der Waals surface area contributed by atoms with E-state index >= 15 is 0 Å². The molecule has 30 heavy (non-hydrogen) atoms.